The number of pyridine rings is 1. The van der Waals surface area contributed by atoms with Gasteiger partial charge in [0.25, 0.3) is 0 Å². The molecule has 2 nitrogen and oxygen atoms in total. The number of halogens is 1. The lowest BCUT2D eigenvalue weighted by atomic mass is 9.93. The Labute approximate surface area is 122 Å². The van der Waals surface area contributed by atoms with Gasteiger partial charge in [-0.1, -0.05) is 17.7 Å². The second-order valence-electron chi connectivity index (χ2n) is 5.02. The van der Waals surface area contributed by atoms with Gasteiger partial charge in [0.15, 0.2) is 0 Å². The molecule has 2 heterocycles. The van der Waals surface area contributed by atoms with Gasteiger partial charge >= 0.3 is 0 Å². The Morgan fingerprint density at radius 2 is 2.37 bits per heavy atom. The zero-order valence-electron chi connectivity index (χ0n) is 10.9. The van der Waals surface area contributed by atoms with Gasteiger partial charge in [-0.3, -0.25) is 4.98 Å². The number of nitrogens with one attached hydrogen (secondary N) is 1. The molecule has 3 rings (SSSR count). The maximum absolute atomic E-state index is 6.15. The molecule has 0 radical (unpaired) electrons. The standard InChI is InChI=1S/C15H17ClN2S/c1-10(12-5-2-3-8-17-12)18-13-6-4-7-14-11(13)9-15(16)19-14/h2-3,5,8-10,13,18H,4,6-7H2,1H3/t10-,13?/m1/s1. The largest absolute Gasteiger partial charge is 0.302 e. The monoisotopic (exact) mass is 292 g/mol. The molecule has 1 aliphatic rings. The molecule has 2 atom stereocenters. The molecule has 0 amide bonds. The van der Waals surface area contributed by atoms with E-state index in [9.17, 15) is 0 Å². The van der Waals surface area contributed by atoms with E-state index in [1.165, 1.54) is 29.7 Å². The van der Waals surface area contributed by atoms with Crippen LogP contribution >= 0.6 is 22.9 Å². The zero-order valence-corrected chi connectivity index (χ0v) is 12.5. The van der Waals surface area contributed by atoms with Gasteiger partial charge in [0, 0.05) is 23.2 Å². The molecule has 0 saturated carbocycles. The van der Waals surface area contributed by atoms with E-state index < -0.39 is 0 Å². The normalized spacial score (nSPS) is 20.0. The van der Waals surface area contributed by atoms with E-state index in [4.69, 9.17) is 11.6 Å². The molecule has 0 aliphatic heterocycles. The van der Waals surface area contributed by atoms with Gasteiger partial charge in [0.05, 0.1) is 10.0 Å². The van der Waals surface area contributed by atoms with Crippen molar-refractivity contribution >= 4 is 22.9 Å². The minimum absolute atomic E-state index is 0.260. The Morgan fingerprint density at radius 3 is 3.16 bits per heavy atom. The number of hydrogen-bond donors (Lipinski definition) is 1. The number of aromatic nitrogens is 1. The Bertz CT molecular complexity index is 553. The third-order valence-corrected chi connectivity index (χ3v) is 5.01. The summed E-state index contributed by atoms with van der Waals surface area (Å²) in [5.74, 6) is 0. The summed E-state index contributed by atoms with van der Waals surface area (Å²) in [6.07, 6.45) is 5.43. The van der Waals surface area contributed by atoms with Crippen LogP contribution < -0.4 is 5.32 Å². The maximum atomic E-state index is 6.15. The minimum Gasteiger partial charge on any atom is -0.302 e. The van der Waals surface area contributed by atoms with Crippen LogP contribution in [0.4, 0.5) is 0 Å². The third kappa shape index (κ3) is 2.83. The van der Waals surface area contributed by atoms with E-state index in [2.05, 4.69) is 29.4 Å². The third-order valence-electron chi connectivity index (χ3n) is 3.67. The molecular formula is C15H17ClN2S. The Balaban J connectivity index is 1.77. The van der Waals surface area contributed by atoms with E-state index >= 15 is 0 Å². The SMILES string of the molecule is C[C@@H](NC1CCCc2sc(Cl)cc21)c1ccccn1. The highest BCUT2D eigenvalue weighted by atomic mass is 35.5. The molecule has 1 aliphatic carbocycles. The van der Waals surface area contributed by atoms with Gasteiger partial charge in [-0.05, 0) is 49.9 Å². The van der Waals surface area contributed by atoms with Crippen molar-refractivity contribution in [2.24, 2.45) is 0 Å². The lowest BCUT2D eigenvalue weighted by Gasteiger charge is -2.27. The van der Waals surface area contributed by atoms with Crippen molar-refractivity contribution in [1.29, 1.82) is 0 Å². The average molecular weight is 293 g/mol. The molecule has 1 unspecified atom stereocenters. The van der Waals surface area contributed by atoms with E-state index in [1.54, 1.807) is 11.3 Å². The van der Waals surface area contributed by atoms with Crippen molar-refractivity contribution < 1.29 is 0 Å². The molecule has 2 aromatic heterocycles. The molecule has 1 N–H and O–H groups in total. The summed E-state index contributed by atoms with van der Waals surface area (Å²) in [6, 6.07) is 8.85. The van der Waals surface area contributed by atoms with Crippen LogP contribution in [0.2, 0.25) is 4.34 Å². The summed E-state index contributed by atoms with van der Waals surface area (Å²) in [4.78, 5) is 5.87. The predicted molar refractivity (Wildman–Crippen MR) is 80.8 cm³/mol. The summed E-state index contributed by atoms with van der Waals surface area (Å²) in [7, 11) is 0. The first kappa shape index (κ1) is 13.1. The lowest BCUT2D eigenvalue weighted by Crippen LogP contribution is -2.27. The second kappa shape index (κ2) is 5.61. The van der Waals surface area contributed by atoms with Gasteiger partial charge in [-0.15, -0.1) is 11.3 Å². The number of fused-ring (bicyclic) bond motifs is 1. The average Bonchev–Trinajstić information content (AvgIpc) is 2.81. The Kier molecular flexibility index (Phi) is 3.87. The van der Waals surface area contributed by atoms with E-state index in [-0.39, 0.29) is 6.04 Å². The molecule has 0 bridgehead atoms. The minimum atomic E-state index is 0.260. The van der Waals surface area contributed by atoms with Crippen LogP contribution in [0.3, 0.4) is 0 Å². The summed E-state index contributed by atoms with van der Waals surface area (Å²) < 4.78 is 0.907. The lowest BCUT2D eigenvalue weighted by molar-refractivity contribution is 0.414. The van der Waals surface area contributed by atoms with Crippen LogP contribution in [0, 0.1) is 0 Å². The van der Waals surface area contributed by atoms with Crippen LogP contribution in [0.25, 0.3) is 0 Å². The number of nitrogens with zero attached hydrogens (tertiary/aromatic N) is 1. The molecule has 19 heavy (non-hydrogen) atoms. The van der Waals surface area contributed by atoms with Gasteiger partial charge in [-0.25, -0.2) is 0 Å². The Hall–Kier alpha value is -0.900. The number of rotatable bonds is 3. The summed E-state index contributed by atoms with van der Waals surface area (Å²) in [5, 5.41) is 3.69. The number of hydrogen-bond acceptors (Lipinski definition) is 3. The Morgan fingerprint density at radius 1 is 1.47 bits per heavy atom. The van der Waals surface area contributed by atoms with Crippen molar-refractivity contribution in [1.82, 2.24) is 10.3 Å². The second-order valence-corrected chi connectivity index (χ2v) is 6.78. The maximum Gasteiger partial charge on any atom is 0.0934 e. The first-order chi connectivity index (χ1) is 9.24. The summed E-state index contributed by atoms with van der Waals surface area (Å²) in [6.45, 7) is 2.17. The molecular weight excluding hydrogens is 276 g/mol. The molecule has 0 saturated heterocycles. The van der Waals surface area contributed by atoms with Crippen LogP contribution in [-0.4, -0.2) is 4.98 Å². The van der Waals surface area contributed by atoms with Crippen molar-refractivity contribution in [2.45, 2.75) is 38.3 Å². The number of thiophene rings is 1. The molecule has 2 aromatic rings. The molecule has 4 heteroatoms. The van der Waals surface area contributed by atoms with Gasteiger partial charge in [0.2, 0.25) is 0 Å². The molecule has 0 aromatic carbocycles. The van der Waals surface area contributed by atoms with Crippen molar-refractivity contribution in [3.63, 3.8) is 0 Å². The first-order valence-electron chi connectivity index (χ1n) is 6.69. The summed E-state index contributed by atoms with van der Waals surface area (Å²) >= 11 is 7.87. The van der Waals surface area contributed by atoms with E-state index in [0.717, 1.165) is 10.0 Å². The highest BCUT2D eigenvalue weighted by Gasteiger charge is 2.24. The number of aryl methyl sites for hydroxylation is 1. The van der Waals surface area contributed by atoms with Gasteiger partial charge in [0.1, 0.15) is 0 Å². The topological polar surface area (TPSA) is 24.9 Å². The fourth-order valence-corrected chi connectivity index (χ4v) is 4.10. The van der Waals surface area contributed by atoms with Crippen molar-refractivity contribution in [3.05, 3.63) is 50.9 Å². The van der Waals surface area contributed by atoms with Crippen molar-refractivity contribution in [2.75, 3.05) is 0 Å². The fourth-order valence-electron chi connectivity index (χ4n) is 2.71. The van der Waals surface area contributed by atoms with Crippen LogP contribution in [0.1, 0.15) is 48.0 Å². The first-order valence-corrected chi connectivity index (χ1v) is 7.88. The smallest absolute Gasteiger partial charge is 0.0934 e. The van der Waals surface area contributed by atoms with E-state index in [1.807, 2.05) is 18.3 Å². The van der Waals surface area contributed by atoms with Gasteiger partial charge in [-0.2, -0.15) is 0 Å². The molecule has 0 fully saturated rings. The highest BCUT2D eigenvalue weighted by molar-refractivity contribution is 7.16. The summed E-state index contributed by atoms with van der Waals surface area (Å²) in [5.41, 5.74) is 2.49. The van der Waals surface area contributed by atoms with Gasteiger partial charge < -0.3 is 5.32 Å². The van der Waals surface area contributed by atoms with Crippen LogP contribution in [-0.2, 0) is 6.42 Å². The zero-order chi connectivity index (χ0) is 13.2. The van der Waals surface area contributed by atoms with Crippen molar-refractivity contribution in [3.8, 4) is 0 Å². The quantitative estimate of drug-likeness (QED) is 0.899. The van der Waals surface area contributed by atoms with E-state index in [0.29, 0.717) is 6.04 Å². The van der Waals surface area contributed by atoms with Crippen LogP contribution in [0.15, 0.2) is 30.5 Å². The fraction of sp³-hybridized carbons (Fsp3) is 0.400. The van der Waals surface area contributed by atoms with Crippen LogP contribution in [0.5, 0.6) is 0 Å². The molecule has 0 spiro atoms. The molecule has 100 valence electrons. The highest BCUT2D eigenvalue weighted by Crippen LogP contribution is 2.38. The predicted octanol–water partition coefficient (Wildman–Crippen LogP) is 4.52.